The summed E-state index contributed by atoms with van der Waals surface area (Å²) in [5.41, 5.74) is 1.09. The molecule has 2 heterocycles. The Hall–Kier alpha value is -1.98. The molecule has 0 amide bonds. The lowest BCUT2D eigenvalue weighted by atomic mass is 10.2. The lowest BCUT2D eigenvalue weighted by Crippen LogP contribution is -2.03. The third-order valence-corrected chi connectivity index (χ3v) is 3.65. The summed E-state index contributed by atoms with van der Waals surface area (Å²) >= 11 is 7.21. The number of halogens is 1. The maximum absolute atomic E-state index is 12.1. The summed E-state index contributed by atoms with van der Waals surface area (Å²) in [5.74, 6) is -0.116. The molecule has 0 N–H and O–H groups in total. The first kappa shape index (κ1) is 12.1. The maximum Gasteiger partial charge on any atom is 0.224 e. The third kappa shape index (κ3) is 2.43. The van der Waals surface area contributed by atoms with Crippen LogP contribution in [0.25, 0.3) is 5.69 Å². The number of thiophene rings is 1. The van der Waals surface area contributed by atoms with Crippen molar-refractivity contribution in [2.45, 2.75) is 0 Å². The van der Waals surface area contributed by atoms with Gasteiger partial charge in [-0.2, -0.15) is 9.90 Å². The summed E-state index contributed by atoms with van der Waals surface area (Å²) < 4.78 is 0. The molecule has 0 atom stereocenters. The van der Waals surface area contributed by atoms with Crippen molar-refractivity contribution < 1.29 is 4.79 Å². The Labute approximate surface area is 118 Å². The molecule has 0 fully saturated rings. The molecule has 0 spiro atoms. The topological polar surface area (TPSA) is 47.8 Å². The standard InChI is InChI=1S/C13H8ClN3OS/c14-9-3-5-10(6-4-9)17-15-8-11(16-17)13(18)12-2-1-7-19-12/h1-8H. The molecule has 0 saturated heterocycles. The number of ketones is 1. The van der Waals surface area contributed by atoms with Crippen LogP contribution in [0, 0.1) is 0 Å². The van der Waals surface area contributed by atoms with Crippen molar-refractivity contribution in [3.63, 3.8) is 0 Å². The molecule has 0 saturated carbocycles. The number of carbonyl (C=O) groups excluding carboxylic acids is 1. The average molecular weight is 290 g/mol. The van der Waals surface area contributed by atoms with Gasteiger partial charge in [-0.1, -0.05) is 17.7 Å². The monoisotopic (exact) mass is 289 g/mol. The maximum atomic E-state index is 12.1. The largest absolute Gasteiger partial charge is 0.286 e. The molecule has 2 aromatic heterocycles. The van der Waals surface area contributed by atoms with Gasteiger partial charge in [-0.15, -0.1) is 16.4 Å². The van der Waals surface area contributed by atoms with Gasteiger partial charge in [-0.25, -0.2) is 0 Å². The highest BCUT2D eigenvalue weighted by atomic mass is 35.5. The quantitative estimate of drug-likeness (QED) is 0.696. The minimum absolute atomic E-state index is 0.116. The lowest BCUT2D eigenvalue weighted by molar-refractivity contribution is 0.103. The van der Waals surface area contributed by atoms with Crippen LogP contribution in [0.1, 0.15) is 15.4 Å². The summed E-state index contributed by atoms with van der Waals surface area (Å²) in [7, 11) is 0. The number of hydrogen-bond donors (Lipinski definition) is 0. The number of aromatic nitrogens is 3. The Kier molecular flexibility index (Phi) is 3.15. The summed E-state index contributed by atoms with van der Waals surface area (Å²) in [4.78, 5) is 14.1. The average Bonchev–Trinajstić information content (AvgIpc) is 3.10. The number of nitrogens with zero attached hydrogens (tertiary/aromatic N) is 3. The SMILES string of the molecule is O=C(c1cnn(-c2ccc(Cl)cc2)n1)c1cccs1. The zero-order valence-corrected chi connectivity index (χ0v) is 11.2. The van der Waals surface area contributed by atoms with Gasteiger partial charge < -0.3 is 0 Å². The Morgan fingerprint density at radius 2 is 2.00 bits per heavy atom. The molecule has 6 heteroatoms. The van der Waals surface area contributed by atoms with Gasteiger partial charge in [-0.05, 0) is 35.7 Å². The molecule has 3 aromatic rings. The van der Waals surface area contributed by atoms with Crippen molar-refractivity contribution in [3.8, 4) is 5.69 Å². The van der Waals surface area contributed by atoms with Gasteiger partial charge in [0.15, 0.2) is 5.69 Å². The Morgan fingerprint density at radius 3 is 2.68 bits per heavy atom. The summed E-state index contributed by atoms with van der Waals surface area (Å²) in [5, 5.41) is 10.8. The predicted octanol–water partition coefficient (Wildman–Crippen LogP) is 3.21. The molecule has 4 nitrogen and oxygen atoms in total. The van der Waals surface area contributed by atoms with Crippen molar-refractivity contribution in [1.82, 2.24) is 15.0 Å². The van der Waals surface area contributed by atoms with Crippen LogP contribution < -0.4 is 0 Å². The van der Waals surface area contributed by atoms with Crippen molar-refractivity contribution in [1.29, 1.82) is 0 Å². The highest BCUT2D eigenvalue weighted by Crippen LogP contribution is 2.15. The van der Waals surface area contributed by atoms with E-state index in [0.29, 0.717) is 15.6 Å². The second-order valence-corrected chi connectivity index (χ2v) is 5.19. The van der Waals surface area contributed by atoms with Crippen LogP contribution in [0.4, 0.5) is 0 Å². The van der Waals surface area contributed by atoms with Crippen LogP contribution in [0.3, 0.4) is 0 Å². The van der Waals surface area contributed by atoms with Crippen molar-refractivity contribution >= 4 is 28.7 Å². The molecular formula is C13H8ClN3OS. The van der Waals surface area contributed by atoms with Gasteiger partial charge >= 0.3 is 0 Å². The van der Waals surface area contributed by atoms with Gasteiger partial charge in [0.25, 0.3) is 0 Å². The number of hydrogen-bond acceptors (Lipinski definition) is 4. The van der Waals surface area contributed by atoms with Crippen LogP contribution in [0.2, 0.25) is 5.02 Å². The van der Waals surface area contributed by atoms with Crippen molar-refractivity contribution in [2.24, 2.45) is 0 Å². The Bertz CT molecular complexity index is 704. The minimum atomic E-state index is -0.116. The highest BCUT2D eigenvalue weighted by molar-refractivity contribution is 7.12. The Morgan fingerprint density at radius 1 is 1.21 bits per heavy atom. The van der Waals surface area contributed by atoms with Crippen LogP contribution in [-0.4, -0.2) is 20.8 Å². The van der Waals surface area contributed by atoms with Crippen LogP contribution in [-0.2, 0) is 0 Å². The number of benzene rings is 1. The number of carbonyl (C=O) groups is 1. The normalized spacial score (nSPS) is 10.6. The van der Waals surface area contributed by atoms with E-state index in [4.69, 9.17) is 11.6 Å². The lowest BCUT2D eigenvalue weighted by Gasteiger charge is -1.98. The van der Waals surface area contributed by atoms with E-state index in [0.717, 1.165) is 5.69 Å². The molecule has 0 aliphatic heterocycles. The smallest absolute Gasteiger partial charge is 0.224 e. The molecule has 0 aliphatic rings. The number of rotatable bonds is 3. The Balaban J connectivity index is 1.91. The van der Waals surface area contributed by atoms with E-state index in [2.05, 4.69) is 10.2 Å². The van der Waals surface area contributed by atoms with E-state index in [1.165, 1.54) is 22.3 Å². The first-order chi connectivity index (χ1) is 9.24. The van der Waals surface area contributed by atoms with Gasteiger partial charge in [-0.3, -0.25) is 4.79 Å². The summed E-state index contributed by atoms with van der Waals surface area (Å²) in [6, 6.07) is 10.7. The van der Waals surface area contributed by atoms with E-state index in [1.807, 2.05) is 11.4 Å². The highest BCUT2D eigenvalue weighted by Gasteiger charge is 2.14. The van der Waals surface area contributed by atoms with Gasteiger partial charge in [0, 0.05) is 5.02 Å². The molecule has 1 aromatic carbocycles. The van der Waals surface area contributed by atoms with Crippen molar-refractivity contribution in [3.05, 3.63) is 63.6 Å². The molecule has 3 rings (SSSR count). The third-order valence-electron chi connectivity index (χ3n) is 2.53. The molecular weight excluding hydrogens is 282 g/mol. The molecule has 0 aliphatic carbocycles. The second kappa shape index (κ2) is 4.95. The molecule has 19 heavy (non-hydrogen) atoms. The van der Waals surface area contributed by atoms with E-state index in [9.17, 15) is 4.79 Å². The fourth-order valence-corrected chi connectivity index (χ4v) is 2.40. The van der Waals surface area contributed by atoms with Crippen molar-refractivity contribution in [2.75, 3.05) is 0 Å². The van der Waals surface area contributed by atoms with Gasteiger partial charge in [0.05, 0.1) is 16.8 Å². The zero-order chi connectivity index (χ0) is 13.2. The predicted molar refractivity (Wildman–Crippen MR) is 74.1 cm³/mol. The van der Waals surface area contributed by atoms with Crippen LogP contribution in [0.5, 0.6) is 0 Å². The van der Waals surface area contributed by atoms with E-state index < -0.39 is 0 Å². The zero-order valence-electron chi connectivity index (χ0n) is 9.65. The summed E-state index contributed by atoms with van der Waals surface area (Å²) in [6.07, 6.45) is 1.47. The van der Waals surface area contributed by atoms with Crippen LogP contribution in [0.15, 0.2) is 48.0 Å². The first-order valence-corrected chi connectivity index (χ1v) is 6.76. The molecule has 94 valence electrons. The van der Waals surface area contributed by atoms with Crippen LogP contribution >= 0.6 is 22.9 Å². The second-order valence-electron chi connectivity index (χ2n) is 3.80. The fraction of sp³-hybridized carbons (Fsp3) is 0. The van der Waals surface area contributed by atoms with Gasteiger partial charge in [0.2, 0.25) is 5.78 Å². The van der Waals surface area contributed by atoms with E-state index >= 15 is 0 Å². The molecule has 0 bridgehead atoms. The first-order valence-electron chi connectivity index (χ1n) is 5.50. The molecule has 0 unspecified atom stereocenters. The molecule has 0 radical (unpaired) electrons. The summed E-state index contributed by atoms with van der Waals surface area (Å²) in [6.45, 7) is 0. The van der Waals surface area contributed by atoms with E-state index in [1.54, 1.807) is 30.3 Å². The minimum Gasteiger partial charge on any atom is -0.286 e. The fourth-order valence-electron chi connectivity index (χ4n) is 1.60. The van der Waals surface area contributed by atoms with Gasteiger partial charge in [0.1, 0.15) is 0 Å². The van der Waals surface area contributed by atoms with E-state index in [-0.39, 0.29) is 5.78 Å².